The molecule has 1 saturated heterocycles. The Labute approximate surface area is 341 Å². The standard InChI is InChI=1S/C45H48O14/c1-26-31(47)22-45(52)38(58-39(49)30-19-13-8-14-20-30)36-43(5,37(48)35(34(26)42(45,3)4)57-41(51)54-24-29-17-11-7-12-18-29)32(21-33-44(36,25-55-33)59-27(2)46)56-40(50)53-23-28-15-9-6-10-16-28/h6-20,26,31-33,36,38,47,52H,21-25H2,1-5H3/t26?,31-,32-,33+,36?,38-,43+,44-,45+/m0/s1. The fourth-order valence-corrected chi connectivity index (χ4v) is 9.60. The molecule has 7 rings (SSSR count). The second kappa shape index (κ2) is 15.9. The Hall–Kier alpha value is -5.57. The predicted molar refractivity (Wildman–Crippen MR) is 206 cm³/mol. The number of allylic oxidation sites excluding steroid dienone is 1. The molecular formula is C45H48O14. The molecule has 3 aliphatic carbocycles. The predicted octanol–water partition coefficient (Wildman–Crippen LogP) is 6.01. The Morgan fingerprint density at radius 3 is 1.92 bits per heavy atom. The van der Waals surface area contributed by atoms with Crippen LogP contribution < -0.4 is 0 Å². The Morgan fingerprint density at radius 2 is 1.37 bits per heavy atom. The maximum absolute atomic E-state index is 15.9. The number of Topliss-reactive ketones (excluding diaryl/α,β-unsaturated/α-hetero) is 1. The summed E-state index contributed by atoms with van der Waals surface area (Å²) in [7, 11) is 0. The normalized spacial score (nSPS) is 31.7. The highest BCUT2D eigenvalue weighted by Gasteiger charge is 2.78. The molecular weight excluding hydrogens is 764 g/mol. The molecule has 59 heavy (non-hydrogen) atoms. The van der Waals surface area contributed by atoms with E-state index in [1.165, 1.54) is 26.0 Å². The van der Waals surface area contributed by atoms with Crippen LogP contribution in [-0.2, 0) is 56.0 Å². The highest BCUT2D eigenvalue weighted by Crippen LogP contribution is 2.65. The van der Waals surface area contributed by atoms with Crippen LogP contribution in [0.4, 0.5) is 9.59 Å². The number of ketones is 1. The Morgan fingerprint density at radius 1 is 0.814 bits per heavy atom. The zero-order chi connectivity index (χ0) is 42.3. The van der Waals surface area contributed by atoms with Crippen LogP contribution >= 0.6 is 0 Å². The molecule has 0 aromatic heterocycles. The molecule has 0 amide bonds. The Bertz CT molecular complexity index is 2120. The average molecular weight is 813 g/mol. The van der Waals surface area contributed by atoms with Gasteiger partial charge in [-0.3, -0.25) is 9.59 Å². The smallest absolute Gasteiger partial charge is 0.455 e. The molecule has 2 saturated carbocycles. The number of aliphatic hydroxyl groups excluding tert-OH is 1. The van der Waals surface area contributed by atoms with E-state index in [1.54, 1.807) is 99.6 Å². The molecule has 0 spiro atoms. The van der Waals surface area contributed by atoms with Gasteiger partial charge in [0.05, 0.1) is 29.6 Å². The van der Waals surface area contributed by atoms with E-state index in [9.17, 15) is 29.4 Å². The SMILES string of the molecule is CC(=O)O[C@@]12CO[C@@H]1C[C@H](OC(=O)OCc1ccccc1)[C@@]1(C)C(=O)C(OC(=O)OCc3ccccc3)=C3C(C)[C@@H](O)C[C@@](O)([C@@H](OC(=O)c4ccccc4)C12)C3(C)C. The van der Waals surface area contributed by atoms with E-state index in [0.717, 1.165) is 0 Å². The Balaban J connectivity index is 1.42. The monoisotopic (exact) mass is 812 g/mol. The van der Waals surface area contributed by atoms with Gasteiger partial charge in [0.15, 0.2) is 11.4 Å². The van der Waals surface area contributed by atoms with E-state index in [1.807, 2.05) is 0 Å². The maximum Gasteiger partial charge on any atom is 0.514 e. The number of hydrogen-bond donors (Lipinski definition) is 2. The van der Waals surface area contributed by atoms with Crippen LogP contribution in [-0.4, -0.2) is 82.5 Å². The summed E-state index contributed by atoms with van der Waals surface area (Å²) in [5.74, 6) is -5.65. The summed E-state index contributed by atoms with van der Waals surface area (Å²) in [6.45, 7) is 6.69. The molecule has 14 nitrogen and oxygen atoms in total. The van der Waals surface area contributed by atoms with Crippen molar-refractivity contribution in [2.24, 2.45) is 22.7 Å². The van der Waals surface area contributed by atoms with Crippen LogP contribution in [0.1, 0.15) is 68.9 Å². The molecule has 9 atom stereocenters. The van der Waals surface area contributed by atoms with Crippen LogP contribution in [0.3, 0.4) is 0 Å². The quantitative estimate of drug-likeness (QED) is 0.189. The van der Waals surface area contributed by atoms with E-state index in [4.69, 9.17) is 33.2 Å². The van der Waals surface area contributed by atoms with E-state index in [2.05, 4.69) is 0 Å². The first-order valence-corrected chi connectivity index (χ1v) is 19.6. The summed E-state index contributed by atoms with van der Waals surface area (Å²) in [5.41, 5.74) is -6.38. The fraction of sp³-hybridized carbons (Fsp3) is 0.444. The van der Waals surface area contributed by atoms with Crippen molar-refractivity contribution >= 4 is 30.0 Å². The number of rotatable bonds is 9. The van der Waals surface area contributed by atoms with Crippen molar-refractivity contribution in [3.05, 3.63) is 119 Å². The number of carbonyl (C=O) groups excluding carboxylic acids is 5. The van der Waals surface area contributed by atoms with Gasteiger partial charge in [0.2, 0.25) is 5.78 Å². The minimum Gasteiger partial charge on any atom is -0.455 e. The van der Waals surface area contributed by atoms with Gasteiger partial charge in [-0.25, -0.2) is 14.4 Å². The molecule has 1 aliphatic heterocycles. The summed E-state index contributed by atoms with van der Waals surface area (Å²) in [6, 6.07) is 25.6. The number of benzene rings is 3. The lowest BCUT2D eigenvalue weighted by atomic mass is 9.45. The zero-order valence-corrected chi connectivity index (χ0v) is 33.5. The van der Waals surface area contributed by atoms with Gasteiger partial charge in [0.1, 0.15) is 37.1 Å². The largest absolute Gasteiger partial charge is 0.514 e. The van der Waals surface area contributed by atoms with Crippen LogP contribution in [0.25, 0.3) is 0 Å². The number of aliphatic hydroxyl groups is 2. The Kier molecular flexibility index (Phi) is 11.2. The van der Waals surface area contributed by atoms with Crippen molar-refractivity contribution in [2.45, 2.75) is 96.3 Å². The second-order valence-corrected chi connectivity index (χ2v) is 16.5. The molecule has 3 fully saturated rings. The first-order chi connectivity index (χ1) is 28.0. The number of carbonyl (C=O) groups is 5. The summed E-state index contributed by atoms with van der Waals surface area (Å²) < 4.78 is 41.5. The van der Waals surface area contributed by atoms with Crippen molar-refractivity contribution < 1.29 is 67.3 Å². The molecule has 3 aromatic rings. The van der Waals surface area contributed by atoms with Crippen LogP contribution in [0, 0.1) is 22.7 Å². The lowest BCUT2D eigenvalue weighted by Gasteiger charge is -2.67. The molecule has 2 unspecified atom stereocenters. The minimum absolute atomic E-state index is 0.0276. The zero-order valence-electron chi connectivity index (χ0n) is 33.5. The van der Waals surface area contributed by atoms with Gasteiger partial charge in [-0.1, -0.05) is 99.6 Å². The summed E-state index contributed by atoms with van der Waals surface area (Å²) >= 11 is 0. The number of fused-ring (bicyclic) bond motifs is 5. The molecule has 1 heterocycles. The van der Waals surface area contributed by atoms with Crippen LogP contribution in [0.15, 0.2) is 102 Å². The number of hydrogen-bond acceptors (Lipinski definition) is 14. The van der Waals surface area contributed by atoms with E-state index >= 15 is 4.79 Å². The molecule has 312 valence electrons. The van der Waals surface area contributed by atoms with Gasteiger partial charge in [-0.2, -0.15) is 0 Å². The van der Waals surface area contributed by atoms with Crippen molar-refractivity contribution in [2.75, 3.05) is 6.61 Å². The topological polar surface area (TPSA) is 190 Å². The highest BCUT2D eigenvalue weighted by atomic mass is 16.7. The molecule has 14 heteroatoms. The van der Waals surface area contributed by atoms with Crippen molar-refractivity contribution in [1.82, 2.24) is 0 Å². The minimum atomic E-state index is -2.28. The van der Waals surface area contributed by atoms with Gasteiger partial charge in [-0.05, 0) is 35.8 Å². The summed E-state index contributed by atoms with van der Waals surface area (Å²) in [4.78, 5) is 70.5. The third-order valence-electron chi connectivity index (χ3n) is 12.7. The van der Waals surface area contributed by atoms with Gasteiger partial charge in [-0.15, -0.1) is 0 Å². The summed E-state index contributed by atoms with van der Waals surface area (Å²) in [5, 5.41) is 25.2. The first-order valence-electron chi connectivity index (χ1n) is 19.6. The number of ether oxygens (including phenoxy) is 7. The number of esters is 2. The first kappa shape index (κ1) is 41.6. The van der Waals surface area contributed by atoms with Gasteiger partial charge in [0, 0.05) is 31.1 Å². The van der Waals surface area contributed by atoms with Crippen molar-refractivity contribution in [3.8, 4) is 0 Å². The summed E-state index contributed by atoms with van der Waals surface area (Å²) in [6.07, 6.45) is -8.74. The fourth-order valence-electron chi connectivity index (χ4n) is 9.60. The van der Waals surface area contributed by atoms with Crippen molar-refractivity contribution in [3.63, 3.8) is 0 Å². The molecule has 3 aromatic carbocycles. The van der Waals surface area contributed by atoms with E-state index < -0.39 is 100 Å². The second-order valence-electron chi connectivity index (χ2n) is 16.5. The molecule has 4 aliphatic rings. The van der Waals surface area contributed by atoms with Gasteiger partial charge >= 0.3 is 24.2 Å². The lowest BCUT2D eigenvalue weighted by molar-refractivity contribution is -0.345. The lowest BCUT2D eigenvalue weighted by Crippen LogP contribution is -2.81. The maximum atomic E-state index is 15.9. The third kappa shape index (κ3) is 7.27. The van der Waals surface area contributed by atoms with Gasteiger partial charge in [0.25, 0.3) is 0 Å². The van der Waals surface area contributed by atoms with Crippen LogP contribution in [0.2, 0.25) is 0 Å². The van der Waals surface area contributed by atoms with Crippen LogP contribution in [0.5, 0.6) is 0 Å². The highest BCUT2D eigenvalue weighted by molar-refractivity contribution is 6.02. The third-order valence-corrected chi connectivity index (χ3v) is 12.7. The molecule has 0 radical (unpaired) electrons. The van der Waals surface area contributed by atoms with E-state index in [-0.39, 0.29) is 37.4 Å². The van der Waals surface area contributed by atoms with E-state index in [0.29, 0.717) is 11.1 Å². The van der Waals surface area contributed by atoms with Crippen molar-refractivity contribution in [1.29, 1.82) is 0 Å². The average Bonchev–Trinajstić information content (AvgIpc) is 3.21. The van der Waals surface area contributed by atoms with Gasteiger partial charge < -0.3 is 43.4 Å². The molecule has 2 N–H and O–H groups in total. The molecule has 2 bridgehead atoms.